The van der Waals surface area contributed by atoms with E-state index >= 15 is 0 Å². The summed E-state index contributed by atoms with van der Waals surface area (Å²) in [5, 5.41) is 15.7. The molecule has 6 nitrogen and oxygen atoms in total. The Morgan fingerprint density at radius 2 is 1.83 bits per heavy atom. The van der Waals surface area contributed by atoms with Gasteiger partial charge in [0.1, 0.15) is 0 Å². The summed E-state index contributed by atoms with van der Waals surface area (Å²) >= 11 is 7.22. The lowest BCUT2D eigenvalue weighted by molar-refractivity contribution is 0.262. The largest absolute Gasteiger partial charge is 0.346 e. The van der Waals surface area contributed by atoms with E-state index in [0.717, 1.165) is 18.2 Å². The second kappa shape index (κ2) is 7.36. The van der Waals surface area contributed by atoms with Crippen LogP contribution in [0.5, 0.6) is 0 Å². The lowest BCUT2D eigenvalue weighted by Gasteiger charge is -2.34. The first-order valence-corrected chi connectivity index (χ1v) is 9.11. The average Bonchev–Trinajstić information content (AvgIpc) is 2.97. The molecule has 1 aliphatic heterocycles. The molecule has 0 bridgehead atoms. The third kappa shape index (κ3) is 4.36. The molecule has 3 rings (SSSR count). The molecule has 2 N–H and O–H groups in total. The maximum Gasteiger partial charge on any atom is 0.325 e. The molecule has 2 aromatic rings. The second-order valence-corrected chi connectivity index (χ2v) is 7.72. The molecule has 0 radical (unpaired) electrons. The predicted molar refractivity (Wildman–Crippen MR) is 99.2 cm³/mol. The van der Waals surface area contributed by atoms with Crippen LogP contribution in [-0.4, -0.2) is 29.3 Å². The zero-order valence-electron chi connectivity index (χ0n) is 13.6. The first kappa shape index (κ1) is 17.0. The lowest BCUT2D eigenvalue weighted by atomic mass is 9.92. The highest BCUT2D eigenvalue weighted by Gasteiger charge is 2.24. The van der Waals surface area contributed by atoms with Crippen LogP contribution in [0.2, 0.25) is 5.02 Å². The molecule has 2 heterocycles. The molecule has 1 aliphatic rings. The highest BCUT2D eigenvalue weighted by Crippen LogP contribution is 2.30. The number of anilines is 3. The van der Waals surface area contributed by atoms with Gasteiger partial charge in [-0.2, -0.15) is 0 Å². The number of urea groups is 1. The summed E-state index contributed by atoms with van der Waals surface area (Å²) in [4.78, 5) is 14.3. The number of nitrogens with one attached hydrogen (secondary N) is 2. The van der Waals surface area contributed by atoms with E-state index in [9.17, 15) is 4.79 Å². The van der Waals surface area contributed by atoms with Crippen molar-refractivity contribution in [1.82, 2.24) is 10.2 Å². The number of benzene rings is 1. The van der Waals surface area contributed by atoms with Crippen molar-refractivity contribution in [2.24, 2.45) is 11.8 Å². The number of aromatic nitrogens is 2. The Morgan fingerprint density at radius 1 is 1.17 bits per heavy atom. The molecule has 0 aliphatic carbocycles. The lowest BCUT2D eigenvalue weighted by Crippen LogP contribution is -2.38. The topological polar surface area (TPSA) is 70.2 Å². The number of hydrogen-bond acceptors (Lipinski definition) is 5. The van der Waals surface area contributed by atoms with Crippen LogP contribution in [0.4, 0.5) is 20.7 Å². The number of carbonyl (C=O) groups is 1. The number of carbonyl (C=O) groups excluding carboxylic acids is 1. The van der Waals surface area contributed by atoms with E-state index in [0.29, 0.717) is 27.7 Å². The van der Waals surface area contributed by atoms with Crippen molar-refractivity contribution in [3.05, 3.63) is 29.3 Å². The number of nitrogens with zero attached hydrogens (tertiary/aromatic N) is 3. The SMILES string of the molecule is C[C@H]1C[C@H](C)CN(c2nnc(NC(=O)Nc3ccc(Cl)cc3)s2)C1. The van der Waals surface area contributed by atoms with Gasteiger partial charge in [0.2, 0.25) is 10.3 Å². The smallest absolute Gasteiger partial charge is 0.325 e. The van der Waals surface area contributed by atoms with Gasteiger partial charge in [-0.1, -0.05) is 36.8 Å². The Bertz CT molecular complexity index is 695. The minimum absolute atomic E-state index is 0.347. The molecule has 1 aromatic heterocycles. The number of halogens is 1. The maximum absolute atomic E-state index is 12.0. The zero-order valence-corrected chi connectivity index (χ0v) is 15.2. The van der Waals surface area contributed by atoms with Crippen LogP contribution in [0, 0.1) is 11.8 Å². The Morgan fingerprint density at radius 3 is 2.50 bits per heavy atom. The van der Waals surface area contributed by atoms with Crippen LogP contribution < -0.4 is 15.5 Å². The van der Waals surface area contributed by atoms with E-state index in [1.54, 1.807) is 24.3 Å². The predicted octanol–water partition coefficient (Wildman–Crippen LogP) is 4.32. The van der Waals surface area contributed by atoms with Gasteiger partial charge in [0, 0.05) is 23.8 Å². The Labute approximate surface area is 150 Å². The Hall–Kier alpha value is -1.86. The van der Waals surface area contributed by atoms with Crippen molar-refractivity contribution >= 4 is 44.9 Å². The van der Waals surface area contributed by atoms with Crippen LogP contribution in [0.1, 0.15) is 20.3 Å². The van der Waals surface area contributed by atoms with E-state index in [1.165, 1.54) is 17.8 Å². The van der Waals surface area contributed by atoms with E-state index in [4.69, 9.17) is 11.6 Å². The maximum atomic E-state index is 12.0. The standard InChI is InChI=1S/C16H20ClN5OS/c1-10-7-11(2)9-22(8-10)16-21-20-15(24-16)19-14(23)18-13-5-3-12(17)4-6-13/h3-6,10-11H,7-9H2,1-2H3,(H2,18,19,20,23)/t10-,11-/m0/s1. The van der Waals surface area contributed by atoms with Crippen molar-refractivity contribution in [2.75, 3.05) is 28.6 Å². The summed E-state index contributed by atoms with van der Waals surface area (Å²) in [6.07, 6.45) is 1.24. The molecular weight excluding hydrogens is 346 g/mol. The van der Waals surface area contributed by atoms with Gasteiger partial charge in [-0.25, -0.2) is 4.79 Å². The molecular formula is C16H20ClN5OS. The van der Waals surface area contributed by atoms with Crippen LogP contribution in [0.25, 0.3) is 0 Å². The van der Waals surface area contributed by atoms with Gasteiger partial charge in [-0.15, -0.1) is 10.2 Å². The second-order valence-electron chi connectivity index (χ2n) is 6.33. The third-order valence-electron chi connectivity index (χ3n) is 3.88. The summed E-state index contributed by atoms with van der Waals surface area (Å²) in [6, 6.07) is 6.58. The van der Waals surface area contributed by atoms with Crippen LogP contribution >= 0.6 is 22.9 Å². The van der Waals surface area contributed by atoms with Crippen molar-refractivity contribution < 1.29 is 4.79 Å². The number of rotatable bonds is 3. The molecule has 2 atom stereocenters. The van der Waals surface area contributed by atoms with Crippen molar-refractivity contribution in [3.8, 4) is 0 Å². The fraction of sp³-hybridized carbons (Fsp3) is 0.438. The van der Waals surface area contributed by atoms with Crippen molar-refractivity contribution in [1.29, 1.82) is 0 Å². The Balaban J connectivity index is 1.59. The molecule has 8 heteroatoms. The van der Waals surface area contributed by atoms with E-state index < -0.39 is 0 Å². The third-order valence-corrected chi connectivity index (χ3v) is 5.03. The summed E-state index contributed by atoms with van der Waals surface area (Å²) < 4.78 is 0. The van der Waals surface area contributed by atoms with Gasteiger partial charge >= 0.3 is 6.03 Å². The molecule has 1 aromatic carbocycles. The fourth-order valence-electron chi connectivity index (χ4n) is 3.01. The molecule has 1 fully saturated rings. The number of hydrogen-bond donors (Lipinski definition) is 2. The molecule has 0 saturated carbocycles. The molecule has 24 heavy (non-hydrogen) atoms. The number of piperidine rings is 1. The molecule has 2 amide bonds. The van der Waals surface area contributed by atoms with Gasteiger partial charge in [0.15, 0.2) is 0 Å². The quantitative estimate of drug-likeness (QED) is 0.849. The van der Waals surface area contributed by atoms with Gasteiger partial charge < -0.3 is 10.2 Å². The van der Waals surface area contributed by atoms with Gasteiger partial charge in [-0.3, -0.25) is 5.32 Å². The van der Waals surface area contributed by atoms with Crippen molar-refractivity contribution in [3.63, 3.8) is 0 Å². The highest BCUT2D eigenvalue weighted by molar-refractivity contribution is 7.19. The molecule has 0 spiro atoms. The summed E-state index contributed by atoms with van der Waals surface area (Å²) in [7, 11) is 0. The summed E-state index contributed by atoms with van der Waals surface area (Å²) in [5.74, 6) is 1.28. The van der Waals surface area contributed by atoms with Crippen molar-refractivity contribution in [2.45, 2.75) is 20.3 Å². The average molecular weight is 366 g/mol. The van der Waals surface area contributed by atoms with Crippen LogP contribution in [-0.2, 0) is 0 Å². The van der Waals surface area contributed by atoms with E-state index in [2.05, 4.69) is 39.6 Å². The van der Waals surface area contributed by atoms with Gasteiger partial charge in [0.05, 0.1) is 0 Å². The number of amides is 2. The summed E-state index contributed by atoms with van der Waals surface area (Å²) in [5.41, 5.74) is 0.667. The minimum Gasteiger partial charge on any atom is -0.346 e. The van der Waals surface area contributed by atoms with Gasteiger partial charge in [-0.05, 0) is 42.5 Å². The first-order chi connectivity index (χ1) is 11.5. The molecule has 1 saturated heterocycles. The summed E-state index contributed by atoms with van der Waals surface area (Å²) in [6.45, 7) is 6.47. The van der Waals surface area contributed by atoms with Crippen LogP contribution in [0.3, 0.4) is 0 Å². The van der Waals surface area contributed by atoms with Crippen LogP contribution in [0.15, 0.2) is 24.3 Å². The Kier molecular flexibility index (Phi) is 5.20. The highest BCUT2D eigenvalue weighted by atomic mass is 35.5. The van der Waals surface area contributed by atoms with E-state index in [1.807, 2.05) is 0 Å². The van der Waals surface area contributed by atoms with Gasteiger partial charge in [0.25, 0.3) is 0 Å². The monoisotopic (exact) mass is 365 g/mol. The van der Waals surface area contributed by atoms with E-state index in [-0.39, 0.29) is 6.03 Å². The molecule has 128 valence electrons. The fourth-order valence-corrected chi connectivity index (χ4v) is 3.89. The minimum atomic E-state index is -0.347. The molecule has 0 unspecified atom stereocenters. The first-order valence-electron chi connectivity index (χ1n) is 7.91. The normalized spacial score (nSPS) is 20.7. The zero-order chi connectivity index (χ0) is 17.1.